The van der Waals surface area contributed by atoms with E-state index in [-0.39, 0.29) is 30.3 Å². The van der Waals surface area contributed by atoms with Gasteiger partial charge in [0.2, 0.25) is 5.91 Å². The summed E-state index contributed by atoms with van der Waals surface area (Å²) >= 11 is 0. The molecular formula is C37H39N5O2. The number of carbonyl (C=O) groups excluding carboxylic acids is 2. The maximum absolute atomic E-state index is 14.6. The molecule has 2 heterocycles. The molecule has 0 bridgehead atoms. The van der Waals surface area contributed by atoms with E-state index in [0.717, 1.165) is 36.5 Å². The van der Waals surface area contributed by atoms with E-state index >= 15 is 0 Å². The van der Waals surface area contributed by atoms with Gasteiger partial charge in [0.1, 0.15) is 0 Å². The van der Waals surface area contributed by atoms with Crippen molar-refractivity contribution in [3.63, 3.8) is 0 Å². The first-order chi connectivity index (χ1) is 21.5. The number of hydrogen-bond donors (Lipinski definition) is 2. The number of aryl methyl sites for hydroxylation is 1. The van der Waals surface area contributed by atoms with E-state index in [1.165, 1.54) is 5.56 Å². The Balaban J connectivity index is 1.32. The molecule has 2 unspecified atom stereocenters. The SMILES string of the molecule is Cc1cc(C(=O)N2CCN(Cc3ccccc3)CC2CC(=O)Nc2ccccc2N)c(-c2ccccc2)n1C1C=CC=CC1. The van der Waals surface area contributed by atoms with Crippen LogP contribution in [0.4, 0.5) is 11.4 Å². The molecule has 3 aromatic carbocycles. The minimum Gasteiger partial charge on any atom is -0.397 e. The molecule has 1 aromatic heterocycles. The van der Waals surface area contributed by atoms with Crippen LogP contribution >= 0.6 is 0 Å². The van der Waals surface area contributed by atoms with Crippen molar-refractivity contribution >= 4 is 23.2 Å². The number of benzene rings is 3. The summed E-state index contributed by atoms with van der Waals surface area (Å²) in [7, 11) is 0. The largest absolute Gasteiger partial charge is 0.397 e. The van der Waals surface area contributed by atoms with Crippen LogP contribution in [-0.4, -0.2) is 51.9 Å². The Labute approximate surface area is 259 Å². The standard InChI is InChI=1S/C37H39N5O2/c1-27-23-32(36(29-15-7-3-8-16-29)42(27)30-17-9-4-10-18-30)37(44)41-22-21-40(25-28-13-5-2-6-14-28)26-31(41)24-35(43)39-34-20-12-11-19-33(34)38/h2-17,19-20,23,30-31H,18,21-22,24-26,38H2,1H3,(H,39,43). The minimum absolute atomic E-state index is 0.0441. The maximum atomic E-state index is 14.6. The van der Waals surface area contributed by atoms with Gasteiger partial charge in [0.25, 0.3) is 5.91 Å². The van der Waals surface area contributed by atoms with Crippen LogP contribution in [0.1, 0.15) is 40.5 Å². The predicted molar refractivity (Wildman–Crippen MR) is 177 cm³/mol. The van der Waals surface area contributed by atoms with Gasteiger partial charge in [-0.15, -0.1) is 0 Å². The zero-order valence-corrected chi connectivity index (χ0v) is 25.1. The third-order valence-electron chi connectivity index (χ3n) is 8.53. The normalized spacial score (nSPS) is 18.3. The van der Waals surface area contributed by atoms with E-state index in [2.05, 4.69) is 70.3 Å². The summed E-state index contributed by atoms with van der Waals surface area (Å²) in [6.45, 7) is 4.68. The number of aromatic nitrogens is 1. The van der Waals surface area contributed by atoms with Crippen molar-refractivity contribution < 1.29 is 9.59 Å². The molecule has 6 rings (SSSR count). The fraction of sp³-hybridized carbons (Fsp3) is 0.243. The average Bonchev–Trinajstić information content (AvgIpc) is 3.40. The van der Waals surface area contributed by atoms with Gasteiger partial charge in [-0.3, -0.25) is 14.5 Å². The van der Waals surface area contributed by atoms with Crippen LogP contribution in [-0.2, 0) is 11.3 Å². The molecule has 224 valence electrons. The number of nitrogens with one attached hydrogen (secondary N) is 1. The number of rotatable bonds is 8. The lowest BCUT2D eigenvalue weighted by Gasteiger charge is -2.41. The number of carbonyl (C=O) groups is 2. The van der Waals surface area contributed by atoms with Gasteiger partial charge in [0, 0.05) is 38.3 Å². The average molecular weight is 586 g/mol. The number of piperazine rings is 1. The fourth-order valence-corrected chi connectivity index (χ4v) is 6.42. The number of nitrogen functional groups attached to an aromatic ring is 1. The molecular weight excluding hydrogens is 546 g/mol. The lowest BCUT2D eigenvalue weighted by atomic mass is 10.0. The Morgan fingerprint density at radius 2 is 1.64 bits per heavy atom. The third-order valence-corrected chi connectivity index (χ3v) is 8.53. The van der Waals surface area contributed by atoms with E-state index in [1.54, 1.807) is 12.1 Å². The number of nitrogens with zero attached hydrogens (tertiary/aromatic N) is 3. The number of para-hydroxylation sites is 2. The fourth-order valence-electron chi connectivity index (χ4n) is 6.42. The summed E-state index contributed by atoms with van der Waals surface area (Å²) in [4.78, 5) is 32.3. The van der Waals surface area contributed by atoms with E-state index in [4.69, 9.17) is 5.73 Å². The molecule has 1 fully saturated rings. The zero-order chi connectivity index (χ0) is 30.5. The molecule has 0 saturated carbocycles. The molecule has 2 atom stereocenters. The van der Waals surface area contributed by atoms with Crippen molar-refractivity contribution in [2.45, 2.75) is 38.4 Å². The van der Waals surface area contributed by atoms with Crippen molar-refractivity contribution in [1.29, 1.82) is 0 Å². The molecule has 1 aliphatic carbocycles. The molecule has 1 saturated heterocycles. The molecule has 44 heavy (non-hydrogen) atoms. The molecule has 7 heteroatoms. The Morgan fingerprint density at radius 1 is 0.909 bits per heavy atom. The molecule has 0 radical (unpaired) electrons. The van der Waals surface area contributed by atoms with Crippen LogP contribution in [0.3, 0.4) is 0 Å². The number of amides is 2. The summed E-state index contributed by atoms with van der Waals surface area (Å²) in [5.41, 5.74) is 12.1. The van der Waals surface area contributed by atoms with Gasteiger partial charge in [0.05, 0.1) is 34.7 Å². The molecule has 2 amide bonds. The molecule has 4 aromatic rings. The maximum Gasteiger partial charge on any atom is 0.256 e. The quantitative estimate of drug-likeness (QED) is 0.233. The van der Waals surface area contributed by atoms with E-state index in [0.29, 0.717) is 30.0 Å². The van der Waals surface area contributed by atoms with Crippen LogP contribution in [0.5, 0.6) is 0 Å². The third kappa shape index (κ3) is 6.38. The molecule has 1 aliphatic heterocycles. The lowest BCUT2D eigenvalue weighted by Crippen LogP contribution is -2.55. The molecule has 7 nitrogen and oxygen atoms in total. The minimum atomic E-state index is -0.310. The second kappa shape index (κ2) is 13.2. The zero-order valence-electron chi connectivity index (χ0n) is 25.1. The smallest absolute Gasteiger partial charge is 0.256 e. The van der Waals surface area contributed by atoms with Crippen molar-refractivity contribution in [1.82, 2.24) is 14.4 Å². The first-order valence-electron chi connectivity index (χ1n) is 15.3. The summed E-state index contributed by atoms with van der Waals surface area (Å²) in [6.07, 6.45) is 9.53. The van der Waals surface area contributed by atoms with Gasteiger partial charge in [0.15, 0.2) is 0 Å². The molecule has 0 spiro atoms. The molecule has 3 N–H and O–H groups in total. The van der Waals surface area contributed by atoms with Crippen molar-refractivity contribution in [2.75, 3.05) is 30.7 Å². The monoisotopic (exact) mass is 585 g/mol. The van der Waals surface area contributed by atoms with E-state index < -0.39 is 0 Å². The number of anilines is 2. The van der Waals surface area contributed by atoms with Crippen LogP contribution in [0.2, 0.25) is 0 Å². The van der Waals surface area contributed by atoms with Gasteiger partial charge in [-0.05, 0) is 42.7 Å². The van der Waals surface area contributed by atoms with Crippen molar-refractivity contribution in [3.05, 3.63) is 132 Å². The highest BCUT2D eigenvalue weighted by molar-refractivity contribution is 6.01. The number of nitrogens with two attached hydrogens (primary N) is 1. The number of allylic oxidation sites excluding steroid dienone is 4. The Kier molecular flexibility index (Phi) is 8.75. The van der Waals surface area contributed by atoms with Crippen molar-refractivity contribution in [3.8, 4) is 11.3 Å². The van der Waals surface area contributed by atoms with E-state index in [1.807, 2.05) is 59.5 Å². The molecule has 2 aliphatic rings. The highest BCUT2D eigenvalue weighted by Crippen LogP contribution is 2.35. The Morgan fingerprint density at radius 3 is 2.36 bits per heavy atom. The van der Waals surface area contributed by atoms with Crippen LogP contribution in [0.15, 0.2) is 115 Å². The van der Waals surface area contributed by atoms with Gasteiger partial charge in [-0.2, -0.15) is 0 Å². The van der Waals surface area contributed by atoms with Gasteiger partial charge in [-0.25, -0.2) is 0 Å². The van der Waals surface area contributed by atoms with E-state index in [9.17, 15) is 9.59 Å². The summed E-state index contributed by atoms with van der Waals surface area (Å²) in [5.74, 6) is -0.208. The summed E-state index contributed by atoms with van der Waals surface area (Å²) < 4.78 is 2.29. The second-order valence-corrected chi connectivity index (χ2v) is 11.6. The second-order valence-electron chi connectivity index (χ2n) is 11.6. The highest BCUT2D eigenvalue weighted by Gasteiger charge is 2.35. The summed E-state index contributed by atoms with van der Waals surface area (Å²) in [5, 5.41) is 2.98. The van der Waals surface area contributed by atoms with Crippen LogP contribution < -0.4 is 11.1 Å². The lowest BCUT2D eigenvalue weighted by molar-refractivity contribution is -0.117. The van der Waals surface area contributed by atoms with Crippen LogP contribution in [0, 0.1) is 6.92 Å². The first kappa shape index (κ1) is 29.2. The topological polar surface area (TPSA) is 83.6 Å². The van der Waals surface area contributed by atoms with Gasteiger partial charge >= 0.3 is 0 Å². The highest BCUT2D eigenvalue weighted by atomic mass is 16.2. The Bertz CT molecular complexity index is 1670. The Hall–Kier alpha value is -4.88. The van der Waals surface area contributed by atoms with Gasteiger partial charge in [-0.1, -0.05) is 97.1 Å². The summed E-state index contributed by atoms with van der Waals surface area (Å²) in [6, 6.07) is 29.6. The van der Waals surface area contributed by atoms with Crippen LogP contribution in [0.25, 0.3) is 11.3 Å². The van der Waals surface area contributed by atoms with Gasteiger partial charge < -0.3 is 20.5 Å². The number of hydrogen-bond acceptors (Lipinski definition) is 4. The first-order valence-corrected chi connectivity index (χ1v) is 15.3. The van der Waals surface area contributed by atoms with Crippen molar-refractivity contribution in [2.24, 2.45) is 0 Å². The predicted octanol–water partition coefficient (Wildman–Crippen LogP) is 6.46.